The second-order valence-corrected chi connectivity index (χ2v) is 4.15. The SMILES string of the molecule is Nc1cc(C2(N)CCC2)ccc1Cl. The Morgan fingerprint density at radius 3 is 2.46 bits per heavy atom. The number of anilines is 1. The molecule has 0 atom stereocenters. The molecular weight excluding hydrogens is 184 g/mol. The van der Waals surface area contributed by atoms with Crippen molar-refractivity contribution in [2.24, 2.45) is 5.73 Å². The standard InChI is InChI=1S/C10H13ClN2/c11-8-3-2-7(6-9(8)12)10(13)4-1-5-10/h2-3,6H,1,4-5,12-13H2. The lowest BCUT2D eigenvalue weighted by Gasteiger charge is -2.38. The number of rotatable bonds is 1. The number of benzene rings is 1. The Hall–Kier alpha value is -0.730. The molecular formula is C10H13ClN2. The largest absolute Gasteiger partial charge is 0.398 e. The van der Waals surface area contributed by atoms with Gasteiger partial charge in [-0.1, -0.05) is 17.7 Å². The van der Waals surface area contributed by atoms with Gasteiger partial charge in [-0.05, 0) is 37.0 Å². The molecule has 0 radical (unpaired) electrons. The van der Waals surface area contributed by atoms with Crippen LogP contribution in [0.4, 0.5) is 5.69 Å². The fourth-order valence-electron chi connectivity index (χ4n) is 1.70. The van der Waals surface area contributed by atoms with Crippen LogP contribution in [0.2, 0.25) is 5.02 Å². The van der Waals surface area contributed by atoms with E-state index in [4.69, 9.17) is 23.1 Å². The third-order valence-corrected chi connectivity index (χ3v) is 3.16. The minimum atomic E-state index is -0.140. The van der Waals surface area contributed by atoms with E-state index in [9.17, 15) is 0 Å². The summed E-state index contributed by atoms with van der Waals surface area (Å²) in [6.07, 6.45) is 3.31. The Kier molecular flexibility index (Phi) is 1.97. The summed E-state index contributed by atoms with van der Waals surface area (Å²) in [5.41, 5.74) is 13.4. The zero-order valence-corrected chi connectivity index (χ0v) is 8.14. The van der Waals surface area contributed by atoms with Crippen LogP contribution in [0.15, 0.2) is 18.2 Å². The molecule has 1 aliphatic rings. The van der Waals surface area contributed by atoms with Crippen LogP contribution in [-0.2, 0) is 5.54 Å². The summed E-state index contributed by atoms with van der Waals surface area (Å²) in [5, 5.41) is 0.603. The van der Waals surface area contributed by atoms with E-state index >= 15 is 0 Å². The number of hydrogen-bond acceptors (Lipinski definition) is 2. The molecule has 70 valence electrons. The van der Waals surface area contributed by atoms with Crippen molar-refractivity contribution in [2.45, 2.75) is 24.8 Å². The molecule has 2 nitrogen and oxygen atoms in total. The molecule has 0 unspecified atom stereocenters. The molecule has 0 amide bonds. The molecule has 1 aromatic carbocycles. The molecule has 13 heavy (non-hydrogen) atoms. The van der Waals surface area contributed by atoms with E-state index in [1.54, 1.807) is 0 Å². The molecule has 1 saturated carbocycles. The molecule has 0 bridgehead atoms. The van der Waals surface area contributed by atoms with Gasteiger partial charge in [-0.3, -0.25) is 0 Å². The molecule has 1 aliphatic carbocycles. The Labute approximate surface area is 82.9 Å². The summed E-state index contributed by atoms with van der Waals surface area (Å²) >= 11 is 5.83. The van der Waals surface area contributed by atoms with E-state index in [0.29, 0.717) is 10.7 Å². The molecule has 0 heterocycles. The van der Waals surface area contributed by atoms with Crippen molar-refractivity contribution >= 4 is 17.3 Å². The van der Waals surface area contributed by atoms with Gasteiger partial charge in [0.15, 0.2) is 0 Å². The molecule has 0 aromatic heterocycles. The zero-order chi connectivity index (χ0) is 9.47. The highest BCUT2D eigenvalue weighted by atomic mass is 35.5. The van der Waals surface area contributed by atoms with Crippen molar-refractivity contribution in [3.05, 3.63) is 28.8 Å². The van der Waals surface area contributed by atoms with Crippen LogP contribution in [-0.4, -0.2) is 0 Å². The first-order valence-corrected chi connectivity index (χ1v) is 4.84. The normalized spacial score (nSPS) is 19.5. The first kappa shape index (κ1) is 8.85. The van der Waals surface area contributed by atoms with Gasteiger partial charge in [-0.25, -0.2) is 0 Å². The van der Waals surface area contributed by atoms with Gasteiger partial charge in [0.2, 0.25) is 0 Å². The van der Waals surface area contributed by atoms with Crippen LogP contribution in [0, 0.1) is 0 Å². The van der Waals surface area contributed by atoms with Gasteiger partial charge in [-0.15, -0.1) is 0 Å². The molecule has 0 saturated heterocycles. The lowest BCUT2D eigenvalue weighted by atomic mass is 9.73. The zero-order valence-electron chi connectivity index (χ0n) is 7.39. The highest BCUT2D eigenvalue weighted by Crippen LogP contribution is 2.39. The van der Waals surface area contributed by atoms with Crippen LogP contribution < -0.4 is 11.5 Å². The molecule has 4 N–H and O–H groups in total. The third kappa shape index (κ3) is 1.40. The van der Waals surface area contributed by atoms with Crippen LogP contribution in [0.1, 0.15) is 24.8 Å². The van der Waals surface area contributed by atoms with Crippen LogP contribution in [0.5, 0.6) is 0 Å². The summed E-state index contributed by atoms with van der Waals surface area (Å²) in [6, 6.07) is 5.68. The maximum absolute atomic E-state index is 6.14. The van der Waals surface area contributed by atoms with Gasteiger partial charge < -0.3 is 11.5 Å². The highest BCUT2D eigenvalue weighted by molar-refractivity contribution is 6.33. The first-order chi connectivity index (χ1) is 6.12. The number of hydrogen-bond donors (Lipinski definition) is 2. The topological polar surface area (TPSA) is 52.0 Å². The Morgan fingerprint density at radius 2 is 2.00 bits per heavy atom. The van der Waals surface area contributed by atoms with Crippen LogP contribution >= 0.6 is 11.6 Å². The fourth-order valence-corrected chi connectivity index (χ4v) is 1.82. The quantitative estimate of drug-likeness (QED) is 0.677. The Balaban J connectivity index is 2.36. The molecule has 2 rings (SSSR count). The molecule has 3 heteroatoms. The predicted molar refractivity (Wildman–Crippen MR) is 55.6 cm³/mol. The lowest BCUT2D eigenvalue weighted by molar-refractivity contribution is 0.254. The van der Waals surface area contributed by atoms with E-state index in [0.717, 1.165) is 18.4 Å². The summed E-state index contributed by atoms with van der Waals surface area (Å²) in [7, 11) is 0. The lowest BCUT2D eigenvalue weighted by Crippen LogP contribution is -2.43. The predicted octanol–water partition coefficient (Wildman–Crippen LogP) is 2.26. The van der Waals surface area contributed by atoms with Crippen molar-refractivity contribution in [2.75, 3.05) is 5.73 Å². The monoisotopic (exact) mass is 196 g/mol. The van der Waals surface area contributed by atoms with E-state index in [2.05, 4.69) is 0 Å². The molecule has 0 spiro atoms. The third-order valence-electron chi connectivity index (χ3n) is 2.82. The molecule has 1 aromatic rings. The number of nitrogen functional groups attached to an aromatic ring is 1. The minimum Gasteiger partial charge on any atom is -0.398 e. The van der Waals surface area contributed by atoms with E-state index < -0.39 is 0 Å². The maximum Gasteiger partial charge on any atom is 0.0635 e. The summed E-state index contributed by atoms with van der Waals surface area (Å²) < 4.78 is 0. The second kappa shape index (κ2) is 2.89. The van der Waals surface area contributed by atoms with Gasteiger partial charge in [0.1, 0.15) is 0 Å². The van der Waals surface area contributed by atoms with E-state index in [-0.39, 0.29) is 5.54 Å². The van der Waals surface area contributed by atoms with Crippen molar-refractivity contribution in [1.82, 2.24) is 0 Å². The van der Waals surface area contributed by atoms with Gasteiger partial charge in [0.05, 0.1) is 10.7 Å². The fraction of sp³-hybridized carbons (Fsp3) is 0.400. The minimum absolute atomic E-state index is 0.140. The number of halogens is 1. The first-order valence-electron chi connectivity index (χ1n) is 4.46. The summed E-state index contributed by atoms with van der Waals surface area (Å²) in [4.78, 5) is 0. The van der Waals surface area contributed by atoms with Gasteiger partial charge in [0, 0.05) is 5.54 Å². The summed E-state index contributed by atoms with van der Waals surface area (Å²) in [6.45, 7) is 0. The average Bonchev–Trinajstić information content (AvgIpc) is 2.06. The van der Waals surface area contributed by atoms with Crippen molar-refractivity contribution in [3.63, 3.8) is 0 Å². The van der Waals surface area contributed by atoms with Crippen molar-refractivity contribution < 1.29 is 0 Å². The average molecular weight is 197 g/mol. The van der Waals surface area contributed by atoms with Crippen LogP contribution in [0.25, 0.3) is 0 Å². The van der Waals surface area contributed by atoms with Crippen LogP contribution in [0.3, 0.4) is 0 Å². The maximum atomic E-state index is 6.14. The second-order valence-electron chi connectivity index (χ2n) is 3.75. The van der Waals surface area contributed by atoms with E-state index in [1.165, 1.54) is 6.42 Å². The van der Waals surface area contributed by atoms with Gasteiger partial charge >= 0.3 is 0 Å². The smallest absolute Gasteiger partial charge is 0.0635 e. The molecule has 1 fully saturated rings. The van der Waals surface area contributed by atoms with Crippen molar-refractivity contribution in [1.29, 1.82) is 0 Å². The Morgan fingerprint density at radius 1 is 1.31 bits per heavy atom. The summed E-state index contributed by atoms with van der Waals surface area (Å²) in [5.74, 6) is 0. The Bertz CT molecular complexity index is 332. The van der Waals surface area contributed by atoms with E-state index in [1.807, 2.05) is 18.2 Å². The van der Waals surface area contributed by atoms with Gasteiger partial charge in [0.25, 0.3) is 0 Å². The molecule has 0 aliphatic heterocycles. The number of nitrogens with two attached hydrogens (primary N) is 2. The highest BCUT2D eigenvalue weighted by Gasteiger charge is 2.34. The van der Waals surface area contributed by atoms with Crippen molar-refractivity contribution in [3.8, 4) is 0 Å². The van der Waals surface area contributed by atoms with Gasteiger partial charge in [-0.2, -0.15) is 0 Å².